The van der Waals surface area contributed by atoms with Crippen molar-refractivity contribution >= 4 is 5.91 Å². The molecule has 1 saturated heterocycles. The zero-order valence-corrected chi connectivity index (χ0v) is 12.4. The minimum absolute atomic E-state index is 0.0463. The second kappa shape index (κ2) is 6.37. The fourth-order valence-electron chi connectivity index (χ4n) is 2.57. The van der Waals surface area contributed by atoms with Gasteiger partial charge in [0.05, 0.1) is 31.3 Å². The van der Waals surface area contributed by atoms with Gasteiger partial charge in [0, 0.05) is 6.54 Å². The van der Waals surface area contributed by atoms with Crippen LogP contribution in [0, 0.1) is 6.92 Å². The van der Waals surface area contributed by atoms with Gasteiger partial charge in [-0.2, -0.15) is 0 Å². The fourth-order valence-corrected chi connectivity index (χ4v) is 2.57. The predicted molar refractivity (Wildman–Crippen MR) is 77.6 cm³/mol. The zero-order valence-electron chi connectivity index (χ0n) is 12.4. The van der Waals surface area contributed by atoms with E-state index in [4.69, 9.17) is 4.74 Å². The SMILES string of the molecule is Cc1cccc(C(C)C(=O)N2CC(CO)OCC2C)c1. The molecule has 2 rings (SSSR count). The Balaban J connectivity index is 2.13. The molecule has 4 heteroatoms. The van der Waals surface area contributed by atoms with Gasteiger partial charge in [0.15, 0.2) is 0 Å². The first-order chi connectivity index (χ1) is 9.52. The number of carbonyl (C=O) groups is 1. The molecule has 1 aliphatic heterocycles. The molecule has 1 fully saturated rings. The number of nitrogens with zero attached hydrogens (tertiary/aromatic N) is 1. The number of rotatable bonds is 3. The van der Waals surface area contributed by atoms with Gasteiger partial charge in [-0.3, -0.25) is 4.79 Å². The number of ether oxygens (including phenoxy) is 1. The Hall–Kier alpha value is -1.39. The number of aryl methyl sites for hydroxylation is 1. The average Bonchev–Trinajstić information content (AvgIpc) is 2.46. The van der Waals surface area contributed by atoms with E-state index in [-0.39, 0.29) is 30.6 Å². The number of hydrogen-bond donors (Lipinski definition) is 1. The number of morpholine rings is 1. The molecule has 1 aromatic rings. The van der Waals surface area contributed by atoms with Crippen LogP contribution in [0.3, 0.4) is 0 Å². The molecule has 1 aliphatic rings. The van der Waals surface area contributed by atoms with Crippen molar-refractivity contribution in [2.24, 2.45) is 0 Å². The van der Waals surface area contributed by atoms with E-state index in [9.17, 15) is 9.90 Å². The van der Waals surface area contributed by atoms with Crippen molar-refractivity contribution in [1.82, 2.24) is 4.90 Å². The number of amides is 1. The number of benzene rings is 1. The summed E-state index contributed by atoms with van der Waals surface area (Å²) in [6, 6.07) is 8.10. The maximum atomic E-state index is 12.7. The van der Waals surface area contributed by atoms with Crippen molar-refractivity contribution in [3.8, 4) is 0 Å². The van der Waals surface area contributed by atoms with Crippen molar-refractivity contribution in [3.05, 3.63) is 35.4 Å². The summed E-state index contributed by atoms with van der Waals surface area (Å²) >= 11 is 0. The molecule has 0 aliphatic carbocycles. The predicted octanol–water partition coefficient (Wildman–Crippen LogP) is 1.71. The van der Waals surface area contributed by atoms with E-state index in [1.165, 1.54) is 0 Å². The molecule has 0 spiro atoms. The maximum absolute atomic E-state index is 12.7. The highest BCUT2D eigenvalue weighted by Gasteiger charge is 2.32. The van der Waals surface area contributed by atoms with E-state index in [1.807, 2.05) is 43.9 Å². The lowest BCUT2D eigenvalue weighted by Gasteiger charge is -2.38. The van der Waals surface area contributed by atoms with Gasteiger partial charge in [-0.25, -0.2) is 0 Å². The van der Waals surface area contributed by atoms with Gasteiger partial charge in [-0.05, 0) is 26.3 Å². The summed E-state index contributed by atoms with van der Waals surface area (Å²) in [4.78, 5) is 14.5. The van der Waals surface area contributed by atoms with E-state index >= 15 is 0 Å². The quantitative estimate of drug-likeness (QED) is 0.915. The Morgan fingerprint density at radius 3 is 2.95 bits per heavy atom. The summed E-state index contributed by atoms with van der Waals surface area (Å²) in [5.74, 6) is -0.0698. The first kappa shape index (κ1) is 15.0. The van der Waals surface area contributed by atoms with Gasteiger partial charge in [-0.15, -0.1) is 0 Å². The second-order valence-electron chi connectivity index (χ2n) is 5.61. The van der Waals surface area contributed by atoms with Crippen LogP contribution in [-0.2, 0) is 9.53 Å². The molecule has 0 saturated carbocycles. The van der Waals surface area contributed by atoms with Crippen LogP contribution < -0.4 is 0 Å². The lowest BCUT2D eigenvalue weighted by molar-refractivity contribution is -0.147. The zero-order chi connectivity index (χ0) is 14.7. The number of hydrogen-bond acceptors (Lipinski definition) is 3. The maximum Gasteiger partial charge on any atom is 0.230 e. The summed E-state index contributed by atoms with van der Waals surface area (Å²) in [6.07, 6.45) is -0.264. The van der Waals surface area contributed by atoms with Crippen LogP contribution in [0.25, 0.3) is 0 Å². The molecule has 4 nitrogen and oxygen atoms in total. The highest BCUT2D eigenvalue weighted by molar-refractivity contribution is 5.83. The van der Waals surface area contributed by atoms with Gasteiger partial charge in [0.25, 0.3) is 0 Å². The monoisotopic (exact) mass is 277 g/mol. The molecule has 0 bridgehead atoms. The molecule has 3 unspecified atom stereocenters. The van der Waals surface area contributed by atoms with Gasteiger partial charge in [0.1, 0.15) is 0 Å². The molecule has 110 valence electrons. The summed E-state index contributed by atoms with van der Waals surface area (Å²) in [5.41, 5.74) is 2.19. The average molecular weight is 277 g/mol. The third kappa shape index (κ3) is 3.19. The van der Waals surface area contributed by atoms with E-state index in [0.29, 0.717) is 13.2 Å². The van der Waals surface area contributed by atoms with Gasteiger partial charge in [-0.1, -0.05) is 29.8 Å². The van der Waals surface area contributed by atoms with Crippen LogP contribution in [0.4, 0.5) is 0 Å². The standard InChI is InChI=1S/C16H23NO3/c1-11-5-4-6-14(7-11)13(3)16(19)17-8-15(9-18)20-10-12(17)2/h4-7,12-13,15,18H,8-10H2,1-3H3. The summed E-state index contributed by atoms with van der Waals surface area (Å²) in [6.45, 7) is 6.85. The van der Waals surface area contributed by atoms with Crippen LogP contribution in [0.5, 0.6) is 0 Å². The van der Waals surface area contributed by atoms with Crippen LogP contribution >= 0.6 is 0 Å². The third-order valence-electron chi connectivity index (χ3n) is 3.90. The Bertz CT molecular complexity index is 475. The third-order valence-corrected chi connectivity index (χ3v) is 3.90. The van der Waals surface area contributed by atoms with Crippen molar-refractivity contribution in [2.45, 2.75) is 38.8 Å². The molecule has 1 N–H and O–H groups in total. The minimum Gasteiger partial charge on any atom is -0.394 e. The Morgan fingerprint density at radius 2 is 2.30 bits per heavy atom. The lowest BCUT2D eigenvalue weighted by Crippen LogP contribution is -2.53. The fraction of sp³-hybridized carbons (Fsp3) is 0.562. The molecule has 1 aromatic carbocycles. The molecular weight excluding hydrogens is 254 g/mol. The summed E-state index contributed by atoms with van der Waals surface area (Å²) in [7, 11) is 0. The molecule has 1 amide bonds. The molecule has 3 atom stereocenters. The highest BCUT2D eigenvalue weighted by atomic mass is 16.5. The van der Waals surface area contributed by atoms with Crippen molar-refractivity contribution < 1.29 is 14.6 Å². The van der Waals surface area contributed by atoms with Gasteiger partial charge in [0.2, 0.25) is 5.91 Å². The lowest BCUT2D eigenvalue weighted by atomic mass is 9.97. The first-order valence-electron chi connectivity index (χ1n) is 7.12. The van der Waals surface area contributed by atoms with E-state index in [2.05, 4.69) is 6.07 Å². The van der Waals surface area contributed by atoms with Crippen molar-refractivity contribution in [3.63, 3.8) is 0 Å². The van der Waals surface area contributed by atoms with E-state index in [1.54, 1.807) is 0 Å². The molecular formula is C16H23NO3. The molecule has 0 radical (unpaired) electrons. The minimum atomic E-state index is -0.264. The van der Waals surface area contributed by atoms with E-state index < -0.39 is 0 Å². The van der Waals surface area contributed by atoms with Crippen LogP contribution in [0.2, 0.25) is 0 Å². The molecule has 20 heavy (non-hydrogen) atoms. The van der Waals surface area contributed by atoms with Crippen molar-refractivity contribution in [1.29, 1.82) is 0 Å². The highest BCUT2D eigenvalue weighted by Crippen LogP contribution is 2.22. The smallest absolute Gasteiger partial charge is 0.230 e. The number of aliphatic hydroxyl groups excluding tert-OH is 1. The van der Waals surface area contributed by atoms with Crippen LogP contribution in [0.1, 0.15) is 30.9 Å². The van der Waals surface area contributed by atoms with Gasteiger partial charge >= 0.3 is 0 Å². The topological polar surface area (TPSA) is 49.8 Å². The molecule has 0 aromatic heterocycles. The second-order valence-corrected chi connectivity index (χ2v) is 5.61. The first-order valence-corrected chi connectivity index (χ1v) is 7.12. The number of carbonyl (C=O) groups excluding carboxylic acids is 1. The Kier molecular flexibility index (Phi) is 4.78. The van der Waals surface area contributed by atoms with E-state index in [0.717, 1.165) is 11.1 Å². The Labute approximate surface area is 120 Å². The van der Waals surface area contributed by atoms with Crippen LogP contribution in [-0.4, -0.2) is 47.8 Å². The number of aliphatic hydroxyl groups is 1. The Morgan fingerprint density at radius 1 is 1.55 bits per heavy atom. The molecule has 1 heterocycles. The van der Waals surface area contributed by atoms with Gasteiger partial charge < -0.3 is 14.7 Å². The van der Waals surface area contributed by atoms with Crippen LogP contribution in [0.15, 0.2) is 24.3 Å². The van der Waals surface area contributed by atoms with Crippen molar-refractivity contribution in [2.75, 3.05) is 19.8 Å². The summed E-state index contributed by atoms with van der Waals surface area (Å²) < 4.78 is 5.48. The summed E-state index contributed by atoms with van der Waals surface area (Å²) in [5, 5.41) is 9.21. The largest absolute Gasteiger partial charge is 0.394 e. The normalized spacial score (nSPS) is 24.5.